The molecule has 0 heterocycles. The minimum absolute atomic E-state index is 0.808. The van der Waals surface area contributed by atoms with E-state index in [1.54, 1.807) is 0 Å². The first-order valence-corrected chi connectivity index (χ1v) is 18.3. The van der Waals surface area contributed by atoms with Gasteiger partial charge in [0, 0.05) is 0 Å². The Hall–Kier alpha value is -1.04. The summed E-state index contributed by atoms with van der Waals surface area (Å²) < 4.78 is 0. The molecule has 40 heavy (non-hydrogen) atoms. The van der Waals surface area contributed by atoms with E-state index in [0.29, 0.717) is 0 Å². The zero-order chi connectivity index (χ0) is 29.2. The molecular formula is C40H74. The van der Waals surface area contributed by atoms with Crippen molar-refractivity contribution in [2.75, 3.05) is 0 Å². The molecule has 0 saturated carbocycles. The average Bonchev–Trinajstić information content (AvgIpc) is 2.95. The largest absolute Gasteiger partial charge is 0.0888 e. The van der Waals surface area contributed by atoms with Gasteiger partial charge in [-0.25, -0.2) is 0 Å². The third-order valence-corrected chi connectivity index (χ3v) is 8.47. The van der Waals surface area contributed by atoms with Crippen molar-refractivity contribution in [1.29, 1.82) is 0 Å². The Morgan fingerprint density at radius 1 is 0.325 bits per heavy atom. The number of unbranched alkanes of at least 4 members (excludes halogenated alkanes) is 18. The van der Waals surface area contributed by atoms with Gasteiger partial charge in [-0.1, -0.05) is 153 Å². The smallest absolute Gasteiger partial charge is 0.0348 e. The summed E-state index contributed by atoms with van der Waals surface area (Å²) in [6, 6.07) is 0. The van der Waals surface area contributed by atoms with Crippen LogP contribution >= 0.6 is 0 Å². The van der Waals surface area contributed by atoms with Crippen molar-refractivity contribution in [3.8, 4) is 0 Å². The molecule has 0 amide bonds. The van der Waals surface area contributed by atoms with Crippen LogP contribution in [0.1, 0.15) is 195 Å². The Bertz CT molecular complexity index is 527. The summed E-state index contributed by atoms with van der Waals surface area (Å²) in [7, 11) is 0. The van der Waals surface area contributed by atoms with Gasteiger partial charge in [-0.2, -0.15) is 0 Å². The molecule has 0 atom stereocenters. The molecular weight excluding hydrogens is 480 g/mol. The second kappa shape index (κ2) is 34.2. The van der Waals surface area contributed by atoms with Crippen LogP contribution in [0.2, 0.25) is 0 Å². The molecule has 0 rings (SSSR count). The van der Waals surface area contributed by atoms with Gasteiger partial charge in [0.15, 0.2) is 0 Å². The summed E-state index contributed by atoms with van der Waals surface area (Å²) in [6.45, 7) is 9.28. The molecule has 0 saturated heterocycles. The van der Waals surface area contributed by atoms with Crippen molar-refractivity contribution in [1.82, 2.24) is 0 Å². The molecule has 0 aromatic rings. The summed E-state index contributed by atoms with van der Waals surface area (Å²) in [5.74, 6) is 1.68. The Balaban J connectivity index is 3.55. The van der Waals surface area contributed by atoms with E-state index in [-0.39, 0.29) is 0 Å². The molecule has 0 radical (unpaired) electrons. The van der Waals surface area contributed by atoms with Crippen LogP contribution in [0.15, 0.2) is 48.6 Å². The van der Waals surface area contributed by atoms with E-state index >= 15 is 0 Å². The highest BCUT2D eigenvalue weighted by atomic mass is 14.2. The lowest BCUT2D eigenvalue weighted by Crippen LogP contribution is -2.08. The van der Waals surface area contributed by atoms with Crippen LogP contribution in [0, 0.1) is 11.8 Å². The molecule has 0 N–H and O–H groups in total. The molecule has 0 aromatic heterocycles. The molecule has 0 fully saturated rings. The molecule has 234 valence electrons. The maximum absolute atomic E-state index is 2.48. The van der Waals surface area contributed by atoms with Gasteiger partial charge < -0.3 is 0 Å². The lowest BCUT2D eigenvalue weighted by atomic mass is 9.87. The summed E-state index contributed by atoms with van der Waals surface area (Å²) in [6.07, 6.45) is 54.7. The molecule has 0 heteroatoms. The van der Waals surface area contributed by atoms with Crippen LogP contribution < -0.4 is 0 Å². The second-order valence-corrected chi connectivity index (χ2v) is 12.7. The Labute approximate surface area is 254 Å². The highest BCUT2D eigenvalue weighted by Gasteiger charge is 2.11. The number of allylic oxidation sites excluding steroid dienone is 8. The first-order chi connectivity index (χ1) is 19.7. The van der Waals surface area contributed by atoms with Crippen LogP contribution in [-0.4, -0.2) is 0 Å². The van der Waals surface area contributed by atoms with Crippen molar-refractivity contribution in [3.05, 3.63) is 48.6 Å². The van der Waals surface area contributed by atoms with Gasteiger partial charge in [-0.3, -0.25) is 0 Å². The van der Waals surface area contributed by atoms with Crippen LogP contribution in [0.4, 0.5) is 0 Å². The van der Waals surface area contributed by atoms with Crippen LogP contribution in [0.5, 0.6) is 0 Å². The van der Waals surface area contributed by atoms with E-state index < -0.39 is 0 Å². The van der Waals surface area contributed by atoms with Crippen molar-refractivity contribution >= 4 is 0 Å². The zero-order valence-corrected chi connectivity index (χ0v) is 28.2. The molecule has 0 aromatic carbocycles. The summed E-state index contributed by atoms with van der Waals surface area (Å²) in [5.41, 5.74) is 0. The van der Waals surface area contributed by atoms with Crippen molar-refractivity contribution < 1.29 is 0 Å². The first-order valence-electron chi connectivity index (χ1n) is 18.3. The minimum Gasteiger partial charge on any atom is -0.0888 e. The molecule has 0 unspecified atom stereocenters. The van der Waals surface area contributed by atoms with Gasteiger partial charge in [-0.05, 0) is 102 Å². The number of hydrogen-bond acceptors (Lipinski definition) is 0. The zero-order valence-electron chi connectivity index (χ0n) is 28.2. The van der Waals surface area contributed by atoms with Crippen molar-refractivity contribution in [2.45, 2.75) is 195 Å². The fourth-order valence-corrected chi connectivity index (χ4v) is 5.64. The van der Waals surface area contributed by atoms with Crippen LogP contribution in [0.3, 0.4) is 0 Å². The monoisotopic (exact) mass is 555 g/mol. The summed E-state index contributed by atoms with van der Waals surface area (Å²) >= 11 is 0. The Morgan fingerprint density at radius 3 is 0.850 bits per heavy atom. The lowest BCUT2D eigenvalue weighted by Gasteiger charge is -2.19. The molecule has 0 aliphatic carbocycles. The van der Waals surface area contributed by atoms with Crippen LogP contribution in [0.25, 0.3) is 0 Å². The van der Waals surface area contributed by atoms with Crippen molar-refractivity contribution in [3.63, 3.8) is 0 Å². The predicted molar refractivity (Wildman–Crippen MR) is 186 cm³/mol. The van der Waals surface area contributed by atoms with E-state index in [9.17, 15) is 0 Å². The maximum Gasteiger partial charge on any atom is -0.0348 e. The fraction of sp³-hybridized carbons (Fsp3) is 0.800. The van der Waals surface area contributed by atoms with Crippen LogP contribution in [-0.2, 0) is 0 Å². The standard InChI is InChI=1S/C40H74/c1-5-7-9-11-13-15-17-19-21-23-25-27-29-31-33-35-37-40(39(3)4)38-36-34-32-30-28-26-24-22-20-18-16-14-12-10-8-6-2/h7-10,31-34,39-40H,5-6,11-30,35-38H2,1-4H3/b9-7+,10-8+,33-31+,34-32+. The fourth-order valence-electron chi connectivity index (χ4n) is 5.64. The molecule has 0 nitrogen and oxygen atoms in total. The summed E-state index contributed by atoms with van der Waals surface area (Å²) in [5, 5.41) is 0. The van der Waals surface area contributed by atoms with E-state index in [2.05, 4.69) is 76.3 Å². The molecule has 0 spiro atoms. The van der Waals surface area contributed by atoms with E-state index in [1.165, 1.54) is 167 Å². The van der Waals surface area contributed by atoms with Gasteiger partial charge in [0.05, 0.1) is 0 Å². The number of rotatable bonds is 31. The number of hydrogen-bond donors (Lipinski definition) is 0. The van der Waals surface area contributed by atoms with E-state index in [4.69, 9.17) is 0 Å². The van der Waals surface area contributed by atoms with Crippen molar-refractivity contribution in [2.24, 2.45) is 11.8 Å². The van der Waals surface area contributed by atoms with Gasteiger partial charge >= 0.3 is 0 Å². The van der Waals surface area contributed by atoms with Gasteiger partial charge in [0.1, 0.15) is 0 Å². The summed E-state index contributed by atoms with van der Waals surface area (Å²) in [4.78, 5) is 0. The maximum atomic E-state index is 2.48. The Kier molecular flexibility index (Phi) is 33.3. The quantitative estimate of drug-likeness (QED) is 0.0590. The van der Waals surface area contributed by atoms with Gasteiger partial charge in [-0.15, -0.1) is 0 Å². The SMILES string of the molecule is CC/C=C/CCCCCCCCCC/C=C/CCC(CC/C=C/CCCCCCCCCC/C=C/CC)C(C)C. The van der Waals surface area contributed by atoms with E-state index in [0.717, 1.165) is 11.8 Å². The van der Waals surface area contributed by atoms with E-state index in [1.807, 2.05) is 0 Å². The highest BCUT2D eigenvalue weighted by Crippen LogP contribution is 2.23. The predicted octanol–water partition coefficient (Wildman–Crippen LogP) is 14.7. The first kappa shape index (κ1) is 39.0. The third kappa shape index (κ3) is 31.5. The minimum atomic E-state index is 0.808. The third-order valence-electron chi connectivity index (χ3n) is 8.47. The van der Waals surface area contributed by atoms with Gasteiger partial charge in [0.25, 0.3) is 0 Å². The second-order valence-electron chi connectivity index (χ2n) is 12.7. The average molecular weight is 555 g/mol. The normalized spacial score (nSPS) is 12.7. The van der Waals surface area contributed by atoms with Gasteiger partial charge in [0.2, 0.25) is 0 Å². The lowest BCUT2D eigenvalue weighted by molar-refractivity contribution is 0.341. The topological polar surface area (TPSA) is 0 Å². The molecule has 0 bridgehead atoms. The molecule has 0 aliphatic heterocycles. The Morgan fingerprint density at radius 2 is 0.575 bits per heavy atom. The highest BCUT2D eigenvalue weighted by molar-refractivity contribution is 4.85. The molecule has 0 aliphatic rings.